The molecular formula is C13H9NO3. The van der Waals surface area contributed by atoms with Gasteiger partial charge in [-0.2, -0.15) is 0 Å². The van der Waals surface area contributed by atoms with E-state index in [1.807, 2.05) is 24.3 Å². The van der Waals surface area contributed by atoms with Crippen molar-refractivity contribution in [1.29, 1.82) is 0 Å². The maximum atomic E-state index is 10.9. The summed E-state index contributed by atoms with van der Waals surface area (Å²) in [6.45, 7) is 0. The topological polar surface area (TPSA) is 58.6 Å². The minimum absolute atomic E-state index is 0.213. The third-order valence-corrected chi connectivity index (χ3v) is 2.60. The van der Waals surface area contributed by atoms with Crippen molar-refractivity contribution in [2.45, 2.75) is 0 Å². The number of hydrogen-bond acceptors (Lipinski definition) is 3. The molecule has 2 aromatic rings. The number of benzene rings is 2. The number of carbonyl (C=O) groups is 1. The molecule has 0 atom stereocenters. The van der Waals surface area contributed by atoms with Gasteiger partial charge in [-0.05, 0) is 30.3 Å². The van der Waals surface area contributed by atoms with Crippen LogP contribution in [0.1, 0.15) is 10.4 Å². The number of carboxylic acid groups (broad SMARTS) is 1. The van der Waals surface area contributed by atoms with E-state index >= 15 is 0 Å². The van der Waals surface area contributed by atoms with Crippen LogP contribution >= 0.6 is 0 Å². The monoisotopic (exact) mass is 227 g/mol. The van der Waals surface area contributed by atoms with Gasteiger partial charge in [0.1, 0.15) is 0 Å². The van der Waals surface area contributed by atoms with Gasteiger partial charge in [0.15, 0.2) is 11.5 Å². The smallest absolute Gasteiger partial charge is 0.335 e. The van der Waals surface area contributed by atoms with Gasteiger partial charge in [0.25, 0.3) is 0 Å². The minimum atomic E-state index is -0.963. The predicted octanol–water partition coefficient (Wildman–Crippen LogP) is 3.23. The summed E-state index contributed by atoms with van der Waals surface area (Å²) in [5.41, 5.74) is 1.86. The van der Waals surface area contributed by atoms with Gasteiger partial charge >= 0.3 is 5.97 Å². The molecule has 0 saturated carbocycles. The molecule has 0 unspecified atom stereocenters. The summed E-state index contributed by atoms with van der Waals surface area (Å²) in [6, 6.07) is 12.3. The van der Waals surface area contributed by atoms with E-state index in [0.717, 1.165) is 11.4 Å². The second-order valence-electron chi connectivity index (χ2n) is 3.74. The first-order valence-electron chi connectivity index (χ1n) is 5.15. The van der Waals surface area contributed by atoms with Crippen molar-refractivity contribution >= 4 is 17.3 Å². The molecular weight excluding hydrogens is 218 g/mol. The van der Waals surface area contributed by atoms with Gasteiger partial charge in [0, 0.05) is 0 Å². The lowest BCUT2D eigenvalue weighted by molar-refractivity contribution is 0.0696. The lowest BCUT2D eigenvalue weighted by Gasteiger charge is -2.21. The van der Waals surface area contributed by atoms with Crippen molar-refractivity contribution in [2.75, 3.05) is 5.32 Å². The van der Waals surface area contributed by atoms with Crippen molar-refractivity contribution in [3.8, 4) is 11.5 Å². The maximum Gasteiger partial charge on any atom is 0.335 e. The summed E-state index contributed by atoms with van der Waals surface area (Å²) in [5, 5.41) is 12.1. The predicted molar refractivity (Wildman–Crippen MR) is 63.2 cm³/mol. The van der Waals surface area contributed by atoms with E-state index in [0.29, 0.717) is 11.5 Å². The highest BCUT2D eigenvalue weighted by Crippen LogP contribution is 2.41. The van der Waals surface area contributed by atoms with Gasteiger partial charge in [-0.3, -0.25) is 0 Å². The second-order valence-corrected chi connectivity index (χ2v) is 3.74. The first-order chi connectivity index (χ1) is 8.24. The first kappa shape index (κ1) is 9.72. The molecule has 4 heteroatoms. The highest BCUT2D eigenvalue weighted by atomic mass is 16.5. The van der Waals surface area contributed by atoms with Gasteiger partial charge in [-0.15, -0.1) is 0 Å². The van der Waals surface area contributed by atoms with Crippen LogP contribution in [0.15, 0.2) is 42.5 Å². The van der Waals surface area contributed by atoms with Crippen LogP contribution in [-0.4, -0.2) is 11.1 Å². The fourth-order valence-electron chi connectivity index (χ4n) is 1.77. The summed E-state index contributed by atoms with van der Waals surface area (Å²) < 4.78 is 5.64. The number of carboxylic acids is 1. The molecule has 1 aliphatic heterocycles. The molecule has 1 aliphatic rings. The number of nitrogens with one attached hydrogen (secondary N) is 1. The zero-order valence-electron chi connectivity index (χ0n) is 8.81. The number of rotatable bonds is 1. The van der Waals surface area contributed by atoms with Crippen LogP contribution in [0.5, 0.6) is 11.5 Å². The standard InChI is InChI=1S/C13H9NO3/c15-13(16)8-5-6-10-12(7-8)17-11-4-2-1-3-9(11)14-10/h1-7,14H,(H,15,16). The van der Waals surface area contributed by atoms with Crippen molar-refractivity contribution in [3.63, 3.8) is 0 Å². The fourth-order valence-corrected chi connectivity index (χ4v) is 1.77. The van der Waals surface area contributed by atoms with Crippen LogP contribution < -0.4 is 10.1 Å². The molecule has 0 bridgehead atoms. The average molecular weight is 227 g/mol. The van der Waals surface area contributed by atoms with E-state index < -0.39 is 5.97 Å². The summed E-state index contributed by atoms with van der Waals surface area (Å²) in [7, 11) is 0. The van der Waals surface area contributed by atoms with Gasteiger partial charge in [0.2, 0.25) is 0 Å². The normalized spacial score (nSPS) is 11.8. The molecule has 0 amide bonds. The molecule has 0 radical (unpaired) electrons. The Morgan fingerprint density at radius 1 is 1.06 bits per heavy atom. The lowest BCUT2D eigenvalue weighted by Crippen LogP contribution is -2.04. The number of para-hydroxylation sites is 2. The third kappa shape index (κ3) is 1.59. The summed E-state index contributed by atoms with van der Waals surface area (Å²) in [4.78, 5) is 10.9. The van der Waals surface area contributed by atoms with Crippen molar-refractivity contribution in [3.05, 3.63) is 48.0 Å². The van der Waals surface area contributed by atoms with Gasteiger partial charge < -0.3 is 15.2 Å². The molecule has 2 N–H and O–H groups in total. The van der Waals surface area contributed by atoms with E-state index in [4.69, 9.17) is 9.84 Å². The molecule has 84 valence electrons. The van der Waals surface area contributed by atoms with Crippen LogP contribution in [0.3, 0.4) is 0 Å². The second kappa shape index (κ2) is 3.52. The van der Waals surface area contributed by atoms with Gasteiger partial charge in [0.05, 0.1) is 16.9 Å². The third-order valence-electron chi connectivity index (χ3n) is 2.60. The Bertz CT molecular complexity index is 607. The highest BCUT2D eigenvalue weighted by molar-refractivity contribution is 5.90. The molecule has 4 nitrogen and oxygen atoms in total. The minimum Gasteiger partial charge on any atom is -0.478 e. The fraction of sp³-hybridized carbons (Fsp3) is 0. The van der Waals surface area contributed by atoms with Crippen LogP contribution in [-0.2, 0) is 0 Å². The number of hydrogen-bond donors (Lipinski definition) is 2. The molecule has 0 fully saturated rings. The Morgan fingerprint density at radius 2 is 1.82 bits per heavy atom. The first-order valence-corrected chi connectivity index (χ1v) is 5.15. The summed E-state index contributed by atoms with van der Waals surface area (Å²) >= 11 is 0. The van der Waals surface area contributed by atoms with Crippen LogP contribution in [0.25, 0.3) is 0 Å². The quantitative estimate of drug-likeness (QED) is 0.670. The van der Waals surface area contributed by atoms with Crippen LogP contribution in [0.2, 0.25) is 0 Å². The van der Waals surface area contributed by atoms with E-state index in [1.54, 1.807) is 12.1 Å². The maximum absolute atomic E-state index is 10.9. The van der Waals surface area contributed by atoms with Crippen molar-refractivity contribution < 1.29 is 14.6 Å². The van der Waals surface area contributed by atoms with Crippen LogP contribution in [0, 0.1) is 0 Å². The molecule has 17 heavy (non-hydrogen) atoms. The highest BCUT2D eigenvalue weighted by Gasteiger charge is 2.17. The van der Waals surface area contributed by atoms with Gasteiger partial charge in [-0.1, -0.05) is 12.1 Å². The molecule has 0 aromatic heterocycles. The Morgan fingerprint density at radius 3 is 2.65 bits per heavy atom. The van der Waals surface area contributed by atoms with E-state index in [9.17, 15) is 4.79 Å². The molecule has 2 aromatic carbocycles. The molecule has 3 rings (SSSR count). The molecule has 1 heterocycles. The number of anilines is 2. The van der Waals surface area contributed by atoms with Crippen LogP contribution in [0.4, 0.5) is 11.4 Å². The molecule has 0 saturated heterocycles. The summed E-state index contributed by atoms with van der Waals surface area (Å²) in [6.07, 6.45) is 0. The SMILES string of the molecule is O=C(O)c1ccc2c(c1)Oc1ccccc1N2. The Hall–Kier alpha value is -2.49. The summed E-state index contributed by atoms with van der Waals surface area (Å²) in [5.74, 6) is 0.265. The molecule has 0 spiro atoms. The Balaban J connectivity index is 2.06. The van der Waals surface area contributed by atoms with E-state index in [1.165, 1.54) is 6.07 Å². The zero-order valence-corrected chi connectivity index (χ0v) is 8.81. The van der Waals surface area contributed by atoms with Crippen molar-refractivity contribution in [1.82, 2.24) is 0 Å². The number of ether oxygens (including phenoxy) is 1. The molecule has 0 aliphatic carbocycles. The van der Waals surface area contributed by atoms with Gasteiger partial charge in [-0.25, -0.2) is 4.79 Å². The Kier molecular flexibility index (Phi) is 2.01. The number of aromatic carboxylic acids is 1. The van der Waals surface area contributed by atoms with Crippen molar-refractivity contribution in [2.24, 2.45) is 0 Å². The Labute approximate surface area is 97.5 Å². The zero-order chi connectivity index (χ0) is 11.8. The van der Waals surface area contributed by atoms with E-state index in [2.05, 4.69) is 5.32 Å². The average Bonchev–Trinajstić information content (AvgIpc) is 2.35. The number of fused-ring (bicyclic) bond motifs is 2. The largest absolute Gasteiger partial charge is 0.478 e. The lowest BCUT2D eigenvalue weighted by atomic mass is 10.1. The van der Waals surface area contributed by atoms with E-state index in [-0.39, 0.29) is 5.56 Å².